The molecule has 6 nitrogen and oxygen atoms in total. The van der Waals surface area contributed by atoms with Crippen molar-refractivity contribution in [3.05, 3.63) is 143 Å². The standard InChI is InChI=1S/C34H29ClN2O4S/c1-2-41-34(38)31-11-9-28(10-12-31)27-7-5-25(6-8-27)23-37(24-26-4-3-21-36-22-26)42(39,40)33-19-15-30(16-20-33)29-13-17-32(35)18-14-29/h3-22H,2,23-24H2,1H3. The first kappa shape index (κ1) is 29.2. The lowest BCUT2D eigenvalue weighted by Crippen LogP contribution is -2.30. The van der Waals surface area contributed by atoms with Gasteiger partial charge < -0.3 is 4.74 Å². The average molecular weight is 597 g/mol. The van der Waals surface area contributed by atoms with E-state index in [2.05, 4.69) is 4.98 Å². The van der Waals surface area contributed by atoms with Gasteiger partial charge in [-0.05, 0) is 82.8 Å². The van der Waals surface area contributed by atoms with Crippen LogP contribution in [0, 0.1) is 0 Å². The number of carbonyl (C=O) groups excluding carboxylic acids is 1. The molecule has 0 aliphatic heterocycles. The summed E-state index contributed by atoms with van der Waals surface area (Å²) in [5.41, 5.74) is 5.87. The van der Waals surface area contributed by atoms with Crippen molar-refractivity contribution in [1.82, 2.24) is 9.29 Å². The summed E-state index contributed by atoms with van der Waals surface area (Å²) in [4.78, 5) is 16.3. The number of benzene rings is 4. The normalized spacial score (nSPS) is 11.4. The quantitative estimate of drug-likeness (QED) is 0.155. The number of sulfonamides is 1. The number of hydrogen-bond donors (Lipinski definition) is 0. The predicted molar refractivity (Wildman–Crippen MR) is 165 cm³/mol. The molecule has 1 heterocycles. The second-order valence-corrected chi connectivity index (χ2v) is 12.0. The zero-order chi connectivity index (χ0) is 29.5. The van der Waals surface area contributed by atoms with Gasteiger partial charge in [0.1, 0.15) is 0 Å². The summed E-state index contributed by atoms with van der Waals surface area (Å²) in [7, 11) is -3.84. The number of aromatic nitrogens is 1. The number of pyridine rings is 1. The third-order valence-corrected chi connectivity index (χ3v) is 8.85. The summed E-state index contributed by atoms with van der Waals surface area (Å²) in [6.07, 6.45) is 3.34. The molecule has 1 aromatic heterocycles. The minimum atomic E-state index is -3.84. The van der Waals surface area contributed by atoms with Gasteiger partial charge in [-0.25, -0.2) is 13.2 Å². The number of esters is 1. The van der Waals surface area contributed by atoms with Crippen molar-refractivity contribution in [2.45, 2.75) is 24.9 Å². The molecule has 0 saturated heterocycles. The summed E-state index contributed by atoms with van der Waals surface area (Å²) >= 11 is 6.01. The number of hydrogen-bond acceptors (Lipinski definition) is 5. The van der Waals surface area contributed by atoms with Crippen molar-refractivity contribution in [2.24, 2.45) is 0 Å². The lowest BCUT2D eigenvalue weighted by molar-refractivity contribution is 0.0526. The van der Waals surface area contributed by atoms with Crippen LogP contribution in [-0.4, -0.2) is 30.3 Å². The summed E-state index contributed by atoms with van der Waals surface area (Å²) < 4.78 is 34.3. The van der Waals surface area contributed by atoms with E-state index in [0.717, 1.165) is 33.4 Å². The van der Waals surface area contributed by atoms with E-state index < -0.39 is 10.0 Å². The summed E-state index contributed by atoms with van der Waals surface area (Å²) in [6, 6.07) is 32.9. The smallest absolute Gasteiger partial charge is 0.338 e. The van der Waals surface area contributed by atoms with E-state index in [9.17, 15) is 13.2 Å². The van der Waals surface area contributed by atoms with Crippen LogP contribution in [0.4, 0.5) is 0 Å². The Balaban J connectivity index is 1.38. The van der Waals surface area contributed by atoms with Gasteiger partial charge in [-0.3, -0.25) is 4.98 Å². The molecule has 0 N–H and O–H groups in total. The van der Waals surface area contributed by atoms with E-state index in [1.54, 1.807) is 73.9 Å². The Bertz CT molecular complexity index is 1740. The zero-order valence-electron chi connectivity index (χ0n) is 23.0. The maximum absolute atomic E-state index is 13.9. The van der Waals surface area contributed by atoms with Gasteiger partial charge >= 0.3 is 5.97 Å². The number of rotatable bonds is 10. The highest BCUT2D eigenvalue weighted by Gasteiger charge is 2.25. The highest BCUT2D eigenvalue weighted by atomic mass is 35.5. The second-order valence-electron chi connectivity index (χ2n) is 9.66. The first-order chi connectivity index (χ1) is 20.3. The minimum Gasteiger partial charge on any atom is -0.462 e. The molecule has 4 aromatic carbocycles. The van der Waals surface area contributed by atoms with Crippen molar-refractivity contribution in [1.29, 1.82) is 0 Å². The lowest BCUT2D eigenvalue weighted by atomic mass is 10.0. The summed E-state index contributed by atoms with van der Waals surface area (Å²) in [6.45, 7) is 2.45. The van der Waals surface area contributed by atoms with Gasteiger partial charge in [-0.15, -0.1) is 0 Å². The van der Waals surface area contributed by atoms with Crippen molar-refractivity contribution in [2.75, 3.05) is 6.61 Å². The van der Waals surface area contributed by atoms with Crippen LogP contribution in [0.3, 0.4) is 0 Å². The van der Waals surface area contributed by atoms with Crippen LogP contribution in [0.25, 0.3) is 22.3 Å². The molecule has 0 spiro atoms. The Morgan fingerprint density at radius 3 is 1.81 bits per heavy atom. The first-order valence-electron chi connectivity index (χ1n) is 13.4. The third kappa shape index (κ3) is 6.94. The van der Waals surface area contributed by atoms with Crippen LogP contribution >= 0.6 is 11.6 Å². The molecule has 0 atom stereocenters. The molecule has 0 unspecified atom stereocenters. The molecule has 5 rings (SSSR count). The van der Waals surface area contributed by atoms with Crippen LogP contribution < -0.4 is 0 Å². The Morgan fingerprint density at radius 1 is 0.738 bits per heavy atom. The third-order valence-electron chi connectivity index (χ3n) is 6.79. The van der Waals surface area contributed by atoms with Crippen LogP contribution in [0.1, 0.15) is 28.4 Å². The molecule has 8 heteroatoms. The van der Waals surface area contributed by atoms with Crippen molar-refractivity contribution in [3.63, 3.8) is 0 Å². The molecule has 0 aliphatic carbocycles. The van der Waals surface area contributed by atoms with Gasteiger partial charge in [0.05, 0.1) is 17.1 Å². The molecule has 0 bridgehead atoms. The molecule has 42 heavy (non-hydrogen) atoms. The largest absolute Gasteiger partial charge is 0.462 e. The molecule has 212 valence electrons. The Kier molecular flexibility index (Phi) is 9.12. The Hall–Kier alpha value is -4.30. The number of ether oxygens (including phenoxy) is 1. The Labute approximate surface area is 251 Å². The Morgan fingerprint density at radius 2 is 1.26 bits per heavy atom. The van der Waals surface area contributed by atoms with E-state index in [4.69, 9.17) is 16.3 Å². The number of halogens is 1. The van der Waals surface area contributed by atoms with Gasteiger partial charge in [-0.2, -0.15) is 4.31 Å². The highest BCUT2D eigenvalue weighted by Crippen LogP contribution is 2.27. The molecule has 5 aromatic rings. The summed E-state index contributed by atoms with van der Waals surface area (Å²) in [5, 5.41) is 0.643. The van der Waals surface area contributed by atoms with Gasteiger partial charge in [0, 0.05) is 30.5 Å². The monoisotopic (exact) mass is 596 g/mol. The van der Waals surface area contributed by atoms with E-state index >= 15 is 0 Å². The van der Waals surface area contributed by atoms with Gasteiger partial charge in [0.2, 0.25) is 10.0 Å². The van der Waals surface area contributed by atoms with E-state index in [1.807, 2.05) is 54.6 Å². The van der Waals surface area contributed by atoms with Crippen LogP contribution in [0.2, 0.25) is 5.02 Å². The van der Waals surface area contributed by atoms with Crippen molar-refractivity contribution < 1.29 is 17.9 Å². The molecule has 0 aliphatic rings. The summed E-state index contributed by atoms with van der Waals surface area (Å²) in [5.74, 6) is -0.353. The maximum Gasteiger partial charge on any atom is 0.338 e. The van der Waals surface area contributed by atoms with Crippen LogP contribution in [0.5, 0.6) is 0 Å². The molecule has 0 fully saturated rings. The predicted octanol–water partition coefficient (Wildman–Crippen LogP) is 7.64. The molecule has 0 radical (unpaired) electrons. The van der Waals surface area contributed by atoms with Crippen molar-refractivity contribution in [3.8, 4) is 22.3 Å². The average Bonchev–Trinajstić information content (AvgIpc) is 3.02. The number of carbonyl (C=O) groups is 1. The van der Waals surface area contributed by atoms with Gasteiger partial charge in [0.15, 0.2) is 0 Å². The first-order valence-corrected chi connectivity index (χ1v) is 15.3. The molecular weight excluding hydrogens is 568 g/mol. The fourth-order valence-electron chi connectivity index (χ4n) is 4.55. The van der Waals surface area contributed by atoms with Crippen LogP contribution in [0.15, 0.2) is 126 Å². The van der Waals surface area contributed by atoms with Crippen molar-refractivity contribution >= 4 is 27.6 Å². The zero-order valence-corrected chi connectivity index (χ0v) is 24.6. The van der Waals surface area contributed by atoms with Gasteiger partial charge in [0.25, 0.3) is 0 Å². The molecule has 0 saturated carbocycles. The van der Waals surface area contributed by atoms with E-state index in [0.29, 0.717) is 17.2 Å². The fraction of sp³-hybridized carbons (Fsp3) is 0.118. The van der Waals surface area contributed by atoms with Gasteiger partial charge in [-0.1, -0.05) is 78.3 Å². The SMILES string of the molecule is CCOC(=O)c1ccc(-c2ccc(CN(Cc3cccnc3)S(=O)(=O)c3ccc(-c4ccc(Cl)cc4)cc3)cc2)cc1. The maximum atomic E-state index is 13.9. The molecular formula is C34H29ClN2O4S. The highest BCUT2D eigenvalue weighted by molar-refractivity contribution is 7.89. The number of nitrogens with zero attached hydrogens (tertiary/aromatic N) is 2. The molecule has 0 amide bonds. The van der Waals surface area contributed by atoms with Crippen LogP contribution in [-0.2, 0) is 27.8 Å². The van der Waals surface area contributed by atoms with E-state index in [1.165, 1.54) is 4.31 Å². The van der Waals surface area contributed by atoms with E-state index in [-0.39, 0.29) is 24.0 Å². The minimum absolute atomic E-state index is 0.173. The fourth-order valence-corrected chi connectivity index (χ4v) is 6.09. The lowest BCUT2D eigenvalue weighted by Gasteiger charge is -2.23. The topological polar surface area (TPSA) is 76.6 Å². The second kappa shape index (κ2) is 13.1.